The highest BCUT2D eigenvalue weighted by Gasteiger charge is 2.28. The highest BCUT2D eigenvalue weighted by Crippen LogP contribution is 2.37. The first-order valence-electron chi connectivity index (χ1n) is 4.43. The maximum atomic E-state index is 11.3. The summed E-state index contributed by atoms with van der Waals surface area (Å²) in [6, 6.07) is 1.96. The Morgan fingerprint density at radius 2 is 1.93 bits per heavy atom. The summed E-state index contributed by atoms with van der Waals surface area (Å²) in [5, 5.41) is 1.98. The molecule has 74 valence electrons. The summed E-state index contributed by atoms with van der Waals surface area (Å²) in [5.74, 6) is 0.260. The minimum atomic E-state index is 0.0755. The molecule has 0 bridgehead atoms. The second-order valence-corrected chi connectivity index (χ2v) is 5.29. The molecule has 2 nitrogen and oxygen atoms in total. The average molecular weight is 273 g/mol. The van der Waals surface area contributed by atoms with E-state index in [0.717, 1.165) is 9.35 Å². The van der Waals surface area contributed by atoms with Gasteiger partial charge >= 0.3 is 0 Å². The number of rotatable bonds is 1. The second-order valence-electron chi connectivity index (χ2n) is 3.49. The van der Waals surface area contributed by atoms with Crippen LogP contribution >= 0.6 is 27.3 Å². The van der Waals surface area contributed by atoms with Crippen LogP contribution in [0.1, 0.15) is 30.1 Å². The topological polar surface area (TPSA) is 34.1 Å². The van der Waals surface area contributed by atoms with Crippen molar-refractivity contribution < 1.29 is 9.59 Å². The van der Waals surface area contributed by atoms with Crippen LogP contribution in [0.4, 0.5) is 0 Å². The number of carbonyl (C=O) groups excluding carboxylic acids is 2. The lowest BCUT2D eigenvalue weighted by molar-refractivity contribution is -0.130. The van der Waals surface area contributed by atoms with Crippen molar-refractivity contribution in [2.75, 3.05) is 0 Å². The molecule has 0 radical (unpaired) electrons. The number of carbonyl (C=O) groups is 2. The molecular formula is C10H9BrO2S. The molecule has 4 heteroatoms. The Labute approximate surface area is 94.4 Å². The lowest BCUT2D eigenvalue weighted by atomic mass is 9.86. The molecular weight excluding hydrogens is 264 g/mol. The first-order valence-corrected chi connectivity index (χ1v) is 6.10. The van der Waals surface area contributed by atoms with Crippen molar-refractivity contribution in [1.29, 1.82) is 0 Å². The Balaban J connectivity index is 2.23. The van der Waals surface area contributed by atoms with E-state index < -0.39 is 0 Å². The zero-order valence-corrected chi connectivity index (χ0v) is 9.86. The molecule has 1 heterocycles. The molecule has 0 amide bonds. The van der Waals surface area contributed by atoms with Gasteiger partial charge in [-0.3, -0.25) is 9.59 Å². The largest absolute Gasteiger partial charge is 0.299 e. The first-order chi connectivity index (χ1) is 6.66. The molecule has 1 aromatic heterocycles. The number of thiophene rings is 1. The van der Waals surface area contributed by atoms with Crippen LogP contribution in [0, 0.1) is 0 Å². The molecule has 1 saturated carbocycles. The second kappa shape index (κ2) is 3.95. The van der Waals surface area contributed by atoms with E-state index in [4.69, 9.17) is 0 Å². The normalized spacial score (nSPS) is 18.9. The highest BCUT2D eigenvalue weighted by molar-refractivity contribution is 9.10. The zero-order valence-electron chi connectivity index (χ0n) is 7.46. The van der Waals surface area contributed by atoms with Crippen molar-refractivity contribution in [3.8, 4) is 0 Å². The lowest BCUT2D eigenvalue weighted by Crippen LogP contribution is -2.20. The molecule has 0 spiro atoms. The van der Waals surface area contributed by atoms with Crippen LogP contribution in [-0.2, 0) is 9.59 Å². The molecule has 14 heavy (non-hydrogen) atoms. The van der Waals surface area contributed by atoms with Crippen molar-refractivity contribution in [1.82, 2.24) is 0 Å². The number of Topliss-reactive ketones (excluding diaryl/α,β-unsaturated/α-hetero) is 2. The van der Waals surface area contributed by atoms with Gasteiger partial charge in [0.15, 0.2) is 0 Å². The molecule has 0 N–H and O–H groups in total. The Morgan fingerprint density at radius 3 is 2.43 bits per heavy atom. The van der Waals surface area contributed by atoms with Gasteiger partial charge in [0, 0.05) is 28.1 Å². The molecule has 1 aromatic rings. The Hall–Kier alpha value is -0.480. The maximum Gasteiger partial charge on any atom is 0.140 e. The van der Waals surface area contributed by atoms with Crippen molar-refractivity contribution in [3.05, 3.63) is 20.8 Å². The minimum absolute atomic E-state index is 0.0755. The molecule has 0 unspecified atom stereocenters. The maximum absolute atomic E-state index is 11.3. The van der Waals surface area contributed by atoms with Gasteiger partial charge in [-0.2, -0.15) is 0 Å². The summed E-state index contributed by atoms with van der Waals surface area (Å²) < 4.78 is 1.02. The SMILES string of the molecule is O=C1CC(=O)CC(c2sccc2Br)C1. The monoisotopic (exact) mass is 272 g/mol. The summed E-state index contributed by atoms with van der Waals surface area (Å²) in [6.07, 6.45) is 1.18. The van der Waals surface area contributed by atoms with Crippen LogP contribution < -0.4 is 0 Å². The summed E-state index contributed by atoms with van der Waals surface area (Å²) in [6.45, 7) is 0. The van der Waals surface area contributed by atoms with Crippen molar-refractivity contribution >= 4 is 38.8 Å². The van der Waals surface area contributed by atoms with Gasteiger partial charge in [0.1, 0.15) is 11.6 Å². The number of ketones is 2. The van der Waals surface area contributed by atoms with E-state index in [1.807, 2.05) is 11.4 Å². The third-order valence-corrected chi connectivity index (χ3v) is 4.39. The van der Waals surface area contributed by atoms with Crippen molar-refractivity contribution in [2.45, 2.75) is 25.2 Å². The molecule has 1 aliphatic rings. The van der Waals surface area contributed by atoms with Crippen molar-refractivity contribution in [2.24, 2.45) is 0 Å². The number of hydrogen-bond donors (Lipinski definition) is 0. The predicted octanol–water partition coefficient (Wildman–Crippen LogP) is 2.92. The lowest BCUT2D eigenvalue weighted by Gasteiger charge is -2.19. The third kappa shape index (κ3) is 1.96. The predicted molar refractivity (Wildman–Crippen MR) is 58.6 cm³/mol. The zero-order chi connectivity index (χ0) is 10.1. The van der Waals surface area contributed by atoms with Crippen LogP contribution in [0.2, 0.25) is 0 Å². The van der Waals surface area contributed by atoms with E-state index >= 15 is 0 Å². The summed E-state index contributed by atoms with van der Waals surface area (Å²) in [5.41, 5.74) is 0. The van der Waals surface area contributed by atoms with E-state index in [9.17, 15) is 9.59 Å². The van der Waals surface area contributed by atoms with E-state index in [2.05, 4.69) is 15.9 Å². The summed E-state index contributed by atoms with van der Waals surface area (Å²) in [4.78, 5) is 23.6. The highest BCUT2D eigenvalue weighted by atomic mass is 79.9. The summed E-state index contributed by atoms with van der Waals surface area (Å²) in [7, 11) is 0. The van der Waals surface area contributed by atoms with E-state index in [1.54, 1.807) is 11.3 Å². The van der Waals surface area contributed by atoms with Crippen LogP contribution in [0.25, 0.3) is 0 Å². The molecule has 2 rings (SSSR count). The van der Waals surface area contributed by atoms with E-state index in [-0.39, 0.29) is 23.9 Å². The molecule has 1 aliphatic carbocycles. The first kappa shape index (κ1) is 10.1. The van der Waals surface area contributed by atoms with E-state index in [1.165, 1.54) is 0 Å². The summed E-state index contributed by atoms with van der Waals surface area (Å²) >= 11 is 5.04. The van der Waals surface area contributed by atoms with Gasteiger partial charge in [-0.05, 0) is 27.4 Å². The Morgan fingerprint density at radius 1 is 1.29 bits per heavy atom. The van der Waals surface area contributed by atoms with Crippen LogP contribution in [0.3, 0.4) is 0 Å². The van der Waals surface area contributed by atoms with Crippen LogP contribution in [-0.4, -0.2) is 11.6 Å². The van der Waals surface area contributed by atoms with E-state index in [0.29, 0.717) is 12.8 Å². The molecule has 0 saturated heterocycles. The molecule has 0 atom stereocenters. The molecule has 0 aromatic carbocycles. The van der Waals surface area contributed by atoms with Gasteiger partial charge < -0.3 is 0 Å². The van der Waals surface area contributed by atoms with Gasteiger partial charge in [-0.1, -0.05) is 0 Å². The smallest absolute Gasteiger partial charge is 0.140 e. The van der Waals surface area contributed by atoms with Gasteiger partial charge in [0.05, 0.1) is 6.42 Å². The Bertz CT molecular complexity index is 367. The molecule has 1 fully saturated rings. The molecule has 0 aliphatic heterocycles. The van der Waals surface area contributed by atoms with Gasteiger partial charge in [0.25, 0.3) is 0 Å². The minimum Gasteiger partial charge on any atom is -0.299 e. The van der Waals surface area contributed by atoms with Crippen molar-refractivity contribution in [3.63, 3.8) is 0 Å². The van der Waals surface area contributed by atoms with Gasteiger partial charge in [0.2, 0.25) is 0 Å². The average Bonchev–Trinajstić information content (AvgIpc) is 2.49. The van der Waals surface area contributed by atoms with Gasteiger partial charge in [-0.25, -0.2) is 0 Å². The van der Waals surface area contributed by atoms with Crippen LogP contribution in [0.5, 0.6) is 0 Å². The van der Waals surface area contributed by atoms with Crippen LogP contribution in [0.15, 0.2) is 15.9 Å². The number of halogens is 1. The van der Waals surface area contributed by atoms with Gasteiger partial charge in [-0.15, -0.1) is 11.3 Å². The third-order valence-electron chi connectivity index (χ3n) is 2.36. The quantitative estimate of drug-likeness (QED) is 0.737. The fourth-order valence-electron chi connectivity index (χ4n) is 1.77. The standard InChI is InChI=1S/C10H9BrO2S/c11-9-1-2-14-10(9)6-3-7(12)5-8(13)4-6/h1-2,6H,3-5H2. The fraction of sp³-hybridized carbons (Fsp3) is 0.400. The number of hydrogen-bond acceptors (Lipinski definition) is 3. The fourth-order valence-corrected chi connectivity index (χ4v) is 3.57. The Kier molecular flexibility index (Phi) is 2.83.